The Hall–Kier alpha value is -0.570. The van der Waals surface area contributed by atoms with Crippen LogP contribution in [0.15, 0.2) is 0 Å². The molecule has 0 aromatic rings. The second-order valence-electron chi connectivity index (χ2n) is 11.7. The third-order valence-corrected chi connectivity index (χ3v) is 10.6. The van der Waals surface area contributed by atoms with Crippen molar-refractivity contribution in [2.45, 2.75) is 98.0 Å². The lowest BCUT2D eigenvalue weighted by Gasteiger charge is -2.62. The van der Waals surface area contributed by atoms with E-state index in [1.165, 1.54) is 44.9 Å². The van der Waals surface area contributed by atoms with E-state index >= 15 is 0 Å². The smallest absolute Gasteiger partial charge is 0.303 e. The summed E-state index contributed by atoms with van der Waals surface area (Å²) in [5, 5.41) is 20.6. The molecule has 3 nitrogen and oxygen atoms in total. The molecule has 4 fully saturated rings. The molecule has 0 spiro atoms. The molecule has 4 aliphatic rings. The number of fused-ring (bicyclic) bond motifs is 5. The Morgan fingerprint density at radius 3 is 2.54 bits per heavy atom. The van der Waals surface area contributed by atoms with Crippen LogP contribution in [0.2, 0.25) is 0 Å². The first-order valence-electron chi connectivity index (χ1n) is 12.1. The SMILES string of the molecule is C[C@@H]1CCC2(C)[C@H](CCC3[C@@H]2C[C@H](O)C2(C)C([C@H](C)CCC(=O)O)CC[C@@H]32)C1. The van der Waals surface area contributed by atoms with E-state index in [1.54, 1.807) is 0 Å². The molecular formula is C25H42O3. The van der Waals surface area contributed by atoms with Gasteiger partial charge in [-0.2, -0.15) is 0 Å². The third-order valence-electron chi connectivity index (χ3n) is 10.6. The molecule has 4 saturated carbocycles. The highest BCUT2D eigenvalue weighted by atomic mass is 16.4. The summed E-state index contributed by atoms with van der Waals surface area (Å²) in [7, 11) is 0. The van der Waals surface area contributed by atoms with Crippen molar-refractivity contribution in [1.29, 1.82) is 0 Å². The van der Waals surface area contributed by atoms with E-state index in [1.807, 2.05) is 0 Å². The van der Waals surface area contributed by atoms with Crippen molar-refractivity contribution in [2.75, 3.05) is 0 Å². The van der Waals surface area contributed by atoms with Crippen LogP contribution in [0.4, 0.5) is 0 Å². The molecule has 3 heteroatoms. The quantitative estimate of drug-likeness (QED) is 0.642. The molecule has 0 aromatic carbocycles. The molecule has 4 aliphatic carbocycles. The van der Waals surface area contributed by atoms with Gasteiger partial charge in [-0.1, -0.05) is 34.1 Å². The largest absolute Gasteiger partial charge is 0.481 e. The number of carbonyl (C=O) groups is 1. The molecule has 28 heavy (non-hydrogen) atoms. The number of carboxylic acid groups (broad SMARTS) is 1. The monoisotopic (exact) mass is 390 g/mol. The molecule has 0 heterocycles. The van der Waals surface area contributed by atoms with Crippen molar-refractivity contribution < 1.29 is 15.0 Å². The fourth-order valence-electron chi connectivity index (χ4n) is 8.95. The molecule has 4 rings (SSSR count). The lowest BCUT2D eigenvalue weighted by Crippen LogP contribution is -2.58. The summed E-state index contributed by atoms with van der Waals surface area (Å²) in [5.41, 5.74) is 0.426. The Balaban J connectivity index is 1.56. The van der Waals surface area contributed by atoms with Gasteiger partial charge >= 0.3 is 5.97 Å². The van der Waals surface area contributed by atoms with Crippen LogP contribution in [0.1, 0.15) is 91.9 Å². The van der Waals surface area contributed by atoms with Crippen LogP contribution < -0.4 is 0 Å². The van der Waals surface area contributed by atoms with Gasteiger partial charge in [0.25, 0.3) is 0 Å². The van der Waals surface area contributed by atoms with E-state index in [4.69, 9.17) is 5.11 Å². The van der Waals surface area contributed by atoms with Gasteiger partial charge in [0, 0.05) is 6.42 Å². The zero-order chi connectivity index (χ0) is 20.3. The highest BCUT2D eigenvalue weighted by Crippen LogP contribution is 2.68. The standard InChI is InChI=1S/C25H42O3/c1-15-11-12-24(3)17(13-15)6-7-18-20-9-8-19(16(2)5-10-23(27)28)25(20,4)22(26)14-21(18)24/h15-22,26H,5-14H2,1-4H3,(H,27,28)/t15-,16-,17-,18?,19?,20+,21+,22+,24?,25?/m1/s1. The summed E-state index contributed by atoms with van der Waals surface area (Å²) in [6.45, 7) is 9.60. The molecule has 0 amide bonds. The Bertz CT molecular complexity index is 603. The molecule has 0 aliphatic heterocycles. The molecule has 4 unspecified atom stereocenters. The normalized spacial score (nSPS) is 51.7. The van der Waals surface area contributed by atoms with Crippen LogP contribution in [0.25, 0.3) is 0 Å². The summed E-state index contributed by atoms with van der Waals surface area (Å²) >= 11 is 0. The number of carboxylic acids is 1. The maximum atomic E-state index is 11.5. The highest BCUT2D eigenvalue weighted by Gasteiger charge is 2.63. The molecular weight excluding hydrogens is 348 g/mol. The number of aliphatic hydroxyl groups is 1. The second-order valence-corrected chi connectivity index (χ2v) is 11.7. The summed E-state index contributed by atoms with van der Waals surface area (Å²) in [6.07, 6.45) is 11.1. The van der Waals surface area contributed by atoms with Crippen molar-refractivity contribution in [3.05, 3.63) is 0 Å². The zero-order valence-corrected chi connectivity index (χ0v) is 18.5. The zero-order valence-electron chi connectivity index (χ0n) is 18.5. The van der Waals surface area contributed by atoms with Crippen molar-refractivity contribution in [3.8, 4) is 0 Å². The molecule has 2 N–H and O–H groups in total. The number of aliphatic hydroxyl groups excluding tert-OH is 1. The number of aliphatic carboxylic acids is 1. The van der Waals surface area contributed by atoms with Crippen LogP contribution in [-0.4, -0.2) is 22.3 Å². The minimum atomic E-state index is -0.686. The van der Waals surface area contributed by atoms with Gasteiger partial charge in [0.05, 0.1) is 6.10 Å². The molecule has 0 aromatic heterocycles. The van der Waals surface area contributed by atoms with Gasteiger partial charge in [-0.05, 0) is 104 Å². The van der Waals surface area contributed by atoms with Crippen molar-refractivity contribution >= 4 is 5.97 Å². The van der Waals surface area contributed by atoms with E-state index in [0.29, 0.717) is 29.1 Å². The Kier molecular flexibility index (Phi) is 5.39. The van der Waals surface area contributed by atoms with E-state index in [-0.39, 0.29) is 17.9 Å². The predicted molar refractivity (Wildman–Crippen MR) is 112 cm³/mol. The van der Waals surface area contributed by atoms with Crippen molar-refractivity contribution in [2.24, 2.45) is 52.3 Å². The van der Waals surface area contributed by atoms with Crippen LogP contribution in [0, 0.1) is 52.3 Å². The molecule has 0 radical (unpaired) electrons. The highest BCUT2D eigenvalue weighted by molar-refractivity contribution is 5.66. The van der Waals surface area contributed by atoms with Gasteiger partial charge in [0.1, 0.15) is 0 Å². The number of rotatable bonds is 4. The van der Waals surface area contributed by atoms with Gasteiger partial charge in [-0.3, -0.25) is 4.79 Å². The van der Waals surface area contributed by atoms with Gasteiger partial charge in [-0.25, -0.2) is 0 Å². The lowest BCUT2D eigenvalue weighted by molar-refractivity contribution is -0.171. The first-order valence-corrected chi connectivity index (χ1v) is 12.1. The summed E-state index contributed by atoms with van der Waals surface area (Å²) in [4.78, 5) is 11.1. The molecule has 10 atom stereocenters. The van der Waals surface area contributed by atoms with Crippen molar-refractivity contribution in [3.63, 3.8) is 0 Å². The van der Waals surface area contributed by atoms with Gasteiger partial charge in [-0.15, -0.1) is 0 Å². The van der Waals surface area contributed by atoms with Gasteiger partial charge in [0.15, 0.2) is 0 Å². The fourth-order valence-corrected chi connectivity index (χ4v) is 8.95. The average Bonchev–Trinajstić information content (AvgIpc) is 3.00. The maximum absolute atomic E-state index is 11.5. The van der Waals surface area contributed by atoms with Gasteiger partial charge in [0.2, 0.25) is 0 Å². The van der Waals surface area contributed by atoms with E-state index in [2.05, 4.69) is 27.7 Å². The second kappa shape index (κ2) is 7.29. The van der Waals surface area contributed by atoms with Crippen LogP contribution in [-0.2, 0) is 4.79 Å². The van der Waals surface area contributed by atoms with Crippen LogP contribution >= 0.6 is 0 Å². The summed E-state index contributed by atoms with van der Waals surface area (Å²) in [5.74, 6) is 4.02. The number of hydrogen-bond donors (Lipinski definition) is 2. The van der Waals surface area contributed by atoms with E-state index in [9.17, 15) is 9.90 Å². The molecule has 0 bridgehead atoms. The van der Waals surface area contributed by atoms with Gasteiger partial charge < -0.3 is 10.2 Å². The third kappa shape index (κ3) is 3.06. The van der Waals surface area contributed by atoms with E-state index in [0.717, 1.165) is 30.6 Å². The first kappa shape index (κ1) is 20.7. The summed E-state index contributed by atoms with van der Waals surface area (Å²) < 4.78 is 0. The first-order chi connectivity index (χ1) is 13.2. The maximum Gasteiger partial charge on any atom is 0.303 e. The van der Waals surface area contributed by atoms with Crippen LogP contribution in [0.5, 0.6) is 0 Å². The predicted octanol–water partition coefficient (Wildman–Crippen LogP) is 5.75. The van der Waals surface area contributed by atoms with Crippen LogP contribution in [0.3, 0.4) is 0 Å². The minimum Gasteiger partial charge on any atom is -0.481 e. The Morgan fingerprint density at radius 2 is 1.82 bits per heavy atom. The molecule has 0 saturated heterocycles. The number of hydrogen-bond acceptors (Lipinski definition) is 2. The Morgan fingerprint density at radius 1 is 1.07 bits per heavy atom. The Labute approximate surface area is 171 Å². The topological polar surface area (TPSA) is 57.5 Å². The minimum absolute atomic E-state index is 0.00968. The molecule has 160 valence electrons. The van der Waals surface area contributed by atoms with Crippen molar-refractivity contribution in [1.82, 2.24) is 0 Å². The lowest BCUT2D eigenvalue weighted by atomic mass is 9.43. The average molecular weight is 391 g/mol. The van der Waals surface area contributed by atoms with E-state index < -0.39 is 5.97 Å². The fraction of sp³-hybridized carbons (Fsp3) is 0.960. The summed E-state index contributed by atoms with van der Waals surface area (Å²) in [6, 6.07) is 0.